The van der Waals surface area contributed by atoms with Crippen molar-refractivity contribution in [3.63, 3.8) is 0 Å². The van der Waals surface area contributed by atoms with Crippen molar-refractivity contribution >= 4 is 35.0 Å². The van der Waals surface area contributed by atoms with Crippen LogP contribution >= 0.6 is 23.2 Å². The molecule has 0 radical (unpaired) electrons. The van der Waals surface area contributed by atoms with Crippen molar-refractivity contribution in [2.75, 3.05) is 45.9 Å². The number of nitrogens with zero attached hydrogens (tertiary/aromatic N) is 1. The Kier molecular flexibility index (Phi) is 7.11. The maximum absolute atomic E-state index is 11.9. The number of benzene rings is 1. The van der Waals surface area contributed by atoms with Gasteiger partial charge in [0.1, 0.15) is 0 Å². The van der Waals surface area contributed by atoms with Crippen LogP contribution in [0.4, 0.5) is 0 Å². The van der Waals surface area contributed by atoms with Crippen LogP contribution in [-0.4, -0.2) is 62.7 Å². The predicted molar refractivity (Wildman–Crippen MR) is 89.1 cm³/mol. The molecule has 1 heterocycles. The molecule has 0 saturated carbocycles. The van der Waals surface area contributed by atoms with E-state index >= 15 is 0 Å². The van der Waals surface area contributed by atoms with E-state index in [1.807, 2.05) is 0 Å². The lowest BCUT2D eigenvalue weighted by molar-refractivity contribution is -0.120. The van der Waals surface area contributed by atoms with Crippen LogP contribution in [0.1, 0.15) is 10.4 Å². The summed E-state index contributed by atoms with van der Waals surface area (Å²) < 4.78 is 5.26. The lowest BCUT2D eigenvalue weighted by atomic mass is 10.2. The average Bonchev–Trinajstić information content (AvgIpc) is 2.56. The first-order valence-electron chi connectivity index (χ1n) is 7.36. The van der Waals surface area contributed by atoms with Gasteiger partial charge in [-0.25, -0.2) is 0 Å². The highest BCUT2D eigenvalue weighted by Gasteiger charge is 2.12. The summed E-state index contributed by atoms with van der Waals surface area (Å²) in [6.07, 6.45) is 0. The molecule has 126 valence electrons. The minimum Gasteiger partial charge on any atom is -0.379 e. The Balaban J connectivity index is 1.67. The third kappa shape index (κ3) is 5.99. The molecule has 23 heavy (non-hydrogen) atoms. The van der Waals surface area contributed by atoms with Crippen molar-refractivity contribution in [3.8, 4) is 0 Å². The molecular weight excluding hydrogens is 341 g/mol. The van der Waals surface area contributed by atoms with E-state index in [0.717, 1.165) is 32.8 Å². The van der Waals surface area contributed by atoms with Crippen molar-refractivity contribution in [2.24, 2.45) is 0 Å². The van der Waals surface area contributed by atoms with E-state index in [1.165, 1.54) is 6.07 Å². The molecule has 0 bridgehead atoms. The molecule has 0 spiro atoms. The van der Waals surface area contributed by atoms with Gasteiger partial charge in [0, 0.05) is 31.7 Å². The molecule has 1 fully saturated rings. The van der Waals surface area contributed by atoms with E-state index in [0.29, 0.717) is 22.2 Å². The number of hydrogen-bond acceptors (Lipinski definition) is 4. The summed E-state index contributed by atoms with van der Waals surface area (Å²) in [4.78, 5) is 25.9. The summed E-state index contributed by atoms with van der Waals surface area (Å²) in [6.45, 7) is 4.45. The zero-order chi connectivity index (χ0) is 16.7. The molecule has 0 unspecified atom stereocenters. The molecule has 1 aliphatic rings. The lowest BCUT2D eigenvalue weighted by Crippen LogP contribution is -2.43. The molecule has 1 aromatic rings. The maximum Gasteiger partial charge on any atom is 0.251 e. The van der Waals surface area contributed by atoms with Gasteiger partial charge in [0.2, 0.25) is 5.91 Å². The third-order valence-corrected chi connectivity index (χ3v) is 4.18. The number of rotatable bonds is 6. The molecule has 1 aromatic carbocycles. The minimum atomic E-state index is -0.369. The molecule has 2 amide bonds. The van der Waals surface area contributed by atoms with Gasteiger partial charge in [-0.15, -0.1) is 0 Å². The van der Waals surface area contributed by atoms with E-state index in [4.69, 9.17) is 27.9 Å². The molecule has 6 nitrogen and oxygen atoms in total. The molecular formula is C15H19Cl2N3O3. The van der Waals surface area contributed by atoms with Crippen LogP contribution in [0.5, 0.6) is 0 Å². The maximum atomic E-state index is 11.9. The zero-order valence-corrected chi connectivity index (χ0v) is 14.1. The smallest absolute Gasteiger partial charge is 0.251 e. The molecule has 2 rings (SSSR count). The van der Waals surface area contributed by atoms with Crippen molar-refractivity contribution < 1.29 is 14.3 Å². The fourth-order valence-corrected chi connectivity index (χ4v) is 2.44. The quantitative estimate of drug-likeness (QED) is 0.799. The van der Waals surface area contributed by atoms with Gasteiger partial charge >= 0.3 is 0 Å². The highest BCUT2D eigenvalue weighted by molar-refractivity contribution is 6.42. The number of amides is 2. The number of morpholine rings is 1. The standard InChI is InChI=1S/C15H19Cl2N3O3/c16-12-2-1-11(9-13(12)17)15(22)19-10-14(21)18-3-4-20-5-7-23-8-6-20/h1-2,9H,3-8,10H2,(H,18,21)(H,19,22). The Bertz CT molecular complexity index is 563. The van der Waals surface area contributed by atoms with E-state index < -0.39 is 0 Å². The van der Waals surface area contributed by atoms with Gasteiger partial charge in [0.25, 0.3) is 5.91 Å². The monoisotopic (exact) mass is 359 g/mol. The normalized spacial score (nSPS) is 15.2. The van der Waals surface area contributed by atoms with E-state index in [1.54, 1.807) is 12.1 Å². The van der Waals surface area contributed by atoms with Gasteiger partial charge in [0.05, 0.1) is 29.8 Å². The number of ether oxygens (including phenoxy) is 1. The van der Waals surface area contributed by atoms with Crippen molar-refractivity contribution in [1.82, 2.24) is 15.5 Å². The lowest BCUT2D eigenvalue weighted by Gasteiger charge is -2.26. The van der Waals surface area contributed by atoms with Crippen LogP contribution in [-0.2, 0) is 9.53 Å². The Labute approximate surface area is 145 Å². The van der Waals surface area contributed by atoms with Crippen LogP contribution < -0.4 is 10.6 Å². The van der Waals surface area contributed by atoms with E-state index in [-0.39, 0.29) is 18.4 Å². The molecule has 0 aliphatic carbocycles. The van der Waals surface area contributed by atoms with Crippen molar-refractivity contribution in [3.05, 3.63) is 33.8 Å². The third-order valence-electron chi connectivity index (χ3n) is 3.45. The second-order valence-corrected chi connectivity index (χ2v) is 5.93. The second-order valence-electron chi connectivity index (χ2n) is 5.12. The van der Waals surface area contributed by atoms with Crippen LogP contribution in [0, 0.1) is 0 Å². The fourth-order valence-electron chi connectivity index (χ4n) is 2.14. The molecule has 1 saturated heterocycles. The van der Waals surface area contributed by atoms with Crippen LogP contribution in [0.25, 0.3) is 0 Å². The summed E-state index contributed by atoms with van der Waals surface area (Å²) in [6, 6.07) is 4.57. The first kappa shape index (κ1) is 18.0. The number of carbonyl (C=O) groups is 2. The summed E-state index contributed by atoms with van der Waals surface area (Å²) in [7, 11) is 0. The van der Waals surface area contributed by atoms with Gasteiger partial charge in [-0.05, 0) is 18.2 Å². The highest BCUT2D eigenvalue weighted by Crippen LogP contribution is 2.22. The molecule has 0 atom stereocenters. The Morgan fingerprint density at radius 3 is 2.57 bits per heavy atom. The SMILES string of the molecule is O=C(CNC(=O)c1ccc(Cl)c(Cl)c1)NCCN1CCOCC1. The number of carbonyl (C=O) groups excluding carboxylic acids is 2. The van der Waals surface area contributed by atoms with Gasteiger partial charge in [0.15, 0.2) is 0 Å². The second kappa shape index (κ2) is 9.08. The first-order chi connectivity index (χ1) is 11.1. The van der Waals surface area contributed by atoms with Gasteiger partial charge in [-0.3, -0.25) is 14.5 Å². The number of nitrogens with one attached hydrogen (secondary N) is 2. The Morgan fingerprint density at radius 2 is 1.87 bits per heavy atom. The van der Waals surface area contributed by atoms with Crippen LogP contribution in [0.2, 0.25) is 10.0 Å². The fraction of sp³-hybridized carbons (Fsp3) is 0.467. The predicted octanol–water partition coefficient (Wildman–Crippen LogP) is 1.17. The first-order valence-corrected chi connectivity index (χ1v) is 8.12. The number of halogens is 2. The van der Waals surface area contributed by atoms with Gasteiger partial charge < -0.3 is 15.4 Å². The summed E-state index contributed by atoms with van der Waals surface area (Å²) in [5.74, 6) is -0.599. The molecule has 8 heteroatoms. The number of hydrogen-bond donors (Lipinski definition) is 2. The Hall–Kier alpha value is -1.34. The minimum absolute atomic E-state index is 0.0812. The van der Waals surface area contributed by atoms with Crippen molar-refractivity contribution in [1.29, 1.82) is 0 Å². The van der Waals surface area contributed by atoms with Crippen LogP contribution in [0.15, 0.2) is 18.2 Å². The molecule has 1 aliphatic heterocycles. The van der Waals surface area contributed by atoms with Crippen LogP contribution in [0.3, 0.4) is 0 Å². The summed E-state index contributed by atoms with van der Waals surface area (Å²) in [5, 5.41) is 6.00. The van der Waals surface area contributed by atoms with E-state index in [2.05, 4.69) is 15.5 Å². The summed E-state index contributed by atoms with van der Waals surface area (Å²) >= 11 is 11.7. The Morgan fingerprint density at radius 1 is 1.13 bits per heavy atom. The average molecular weight is 360 g/mol. The molecule has 2 N–H and O–H groups in total. The zero-order valence-electron chi connectivity index (χ0n) is 12.6. The largest absolute Gasteiger partial charge is 0.379 e. The highest BCUT2D eigenvalue weighted by atomic mass is 35.5. The van der Waals surface area contributed by atoms with Gasteiger partial charge in [-0.1, -0.05) is 23.2 Å². The van der Waals surface area contributed by atoms with Gasteiger partial charge in [-0.2, -0.15) is 0 Å². The summed E-state index contributed by atoms with van der Waals surface area (Å²) in [5.41, 5.74) is 0.362. The van der Waals surface area contributed by atoms with Crippen molar-refractivity contribution in [2.45, 2.75) is 0 Å². The van der Waals surface area contributed by atoms with E-state index in [9.17, 15) is 9.59 Å². The topological polar surface area (TPSA) is 70.7 Å². The molecule has 0 aromatic heterocycles.